The fourth-order valence-corrected chi connectivity index (χ4v) is 4.06. The summed E-state index contributed by atoms with van der Waals surface area (Å²) in [5.41, 5.74) is 0. The van der Waals surface area contributed by atoms with Gasteiger partial charge in [-0.3, -0.25) is 4.99 Å². The van der Waals surface area contributed by atoms with Gasteiger partial charge in [0.2, 0.25) is 0 Å². The zero-order valence-corrected chi connectivity index (χ0v) is 17.3. The van der Waals surface area contributed by atoms with Crippen LogP contribution >= 0.6 is 11.8 Å². The van der Waals surface area contributed by atoms with Crippen LogP contribution in [0.4, 0.5) is 0 Å². The number of benzene rings is 1. The highest BCUT2D eigenvalue weighted by Gasteiger charge is 2.22. The van der Waals surface area contributed by atoms with Gasteiger partial charge in [-0.2, -0.15) is 5.10 Å². The smallest absolute Gasteiger partial charge is 0.191 e. The number of thioether (sulfide) groups is 1. The zero-order chi connectivity index (χ0) is 19.1. The molecule has 3 rings (SSSR count). The summed E-state index contributed by atoms with van der Waals surface area (Å²) in [6, 6.07) is 10.8. The molecule has 0 radical (unpaired) electrons. The van der Waals surface area contributed by atoms with Crippen LogP contribution in [0.1, 0.15) is 38.8 Å². The van der Waals surface area contributed by atoms with Gasteiger partial charge in [0.25, 0.3) is 0 Å². The van der Waals surface area contributed by atoms with E-state index in [-0.39, 0.29) is 0 Å². The molecule has 2 unspecified atom stereocenters. The number of nitrogens with one attached hydrogen (secondary N) is 2. The van der Waals surface area contributed by atoms with Gasteiger partial charge in [-0.05, 0) is 25.5 Å². The highest BCUT2D eigenvalue weighted by Crippen LogP contribution is 2.22. The van der Waals surface area contributed by atoms with Crippen molar-refractivity contribution < 1.29 is 0 Å². The largest absolute Gasteiger partial charge is 0.357 e. The summed E-state index contributed by atoms with van der Waals surface area (Å²) in [7, 11) is 0. The van der Waals surface area contributed by atoms with Gasteiger partial charge in [-0.25, -0.2) is 9.67 Å². The molecule has 2 aromatic rings. The first-order valence-electron chi connectivity index (χ1n) is 9.87. The highest BCUT2D eigenvalue weighted by molar-refractivity contribution is 8.00. The van der Waals surface area contributed by atoms with Crippen LogP contribution in [-0.4, -0.2) is 45.1 Å². The molecule has 146 valence electrons. The van der Waals surface area contributed by atoms with Gasteiger partial charge in [0, 0.05) is 35.6 Å². The minimum Gasteiger partial charge on any atom is -0.357 e. The number of fused-ring (bicyclic) bond motifs is 1. The molecule has 0 bridgehead atoms. The van der Waals surface area contributed by atoms with E-state index in [9.17, 15) is 0 Å². The number of aliphatic imine (C=N–C) groups is 1. The average molecular weight is 387 g/mol. The van der Waals surface area contributed by atoms with E-state index in [0.717, 1.165) is 56.5 Å². The summed E-state index contributed by atoms with van der Waals surface area (Å²) in [6.45, 7) is 8.90. The summed E-state index contributed by atoms with van der Waals surface area (Å²) >= 11 is 1.86. The Bertz CT molecular complexity index is 742. The van der Waals surface area contributed by atoms with E-state index in [4.69, 9.17) is 4.99 Å². The molecule has 27 heavy (non-hydrogen) atoms. The fraction of sp³-hybridized carbons (Fsp3) is 0.550. The Morgan fingerprint density at radius 1 is 1.33 bits per heavy atom. The summed E-state index contributed by atoms with van der Waals surface area (Å²) in [5, 5.41) is 12.0. The summed E-state index contributed by atoms with van der Waals surface area (Å²) < 4.78 is 2.05. The third-order valence-corrected chi connectivity index (χ3v) is 5.59. The lowest BCUT2D eigenvalue weighted by Gasteiger charge is -2.25. The minimum atomic E-state index is 0.332. The molecule has 0 saturated carbocycles. The Hall–Kier alpha value is -2.02. The van der Waals surface area contributed by atoms with Crippen LogP contribution in [0.3, 0.4) is 0 Å². The van der Waals surface area contributed by atoms with Crippen LogP contribution < -0.4 is 10.6 Å². The molecule has 0 aliphatic carbocycles. The van der Waals surface area contributed by atoms with Crippen molar-refractivity contribution in [3.63, 3.8) is 0 Å². The van der Waals surface area contributed by atoms with E-state index in [2.05, 4.69) is 70.4 Å². The van der Waals surface area contributed by atoms with Crippen molar-refractivity contribution in [2.45, 2.75) is 62.8 Å². The summed E-state index contributed by atoms with van der Waals surface area (Å²) in [5.74, 6) is 2.94. The van der Waals surface area contributed by atoms with Crippen molar-refractivity contribution in [3.05, 3.63) is 42.0 Å². The predicted octanol–water partition coefficient (Wildman–Crippen LogP) is 2.89. The second-order valence-electron chi connectivity index (χ2n) is 6.82. The maximum atomic E-state index is 4.81. The lowest BCUT2D eigenvalue weighted by atomic mass is 10.1. The van der Waals surface area contributed by atoms with Gasteiger partial charge in [0.15, 0.2) is 11.8 Å². The fourth-order valence-electron chi connectivity index (χ4n) is 3.13. The van der Waals surface area contributed by atoms with Gasteiger partial charge in [-0.15, -0.1) is 11.8 Å². The van der Waals surface area contributed by atoms with E-state index >= 15 is 0 Å². The molecule has 0 amide bonds. The second-order valence-corrected chi connectivity index (χ2v) is 8.33. The van der Waals surface area contributed by atoms with Crippen molar-refractivity contribution in [2.75, 3.05) is 13.1 Å². The molecule has 7 heteroatoms. The first kappa shape index (κ1) is 19.7. The Morgan fingerprint density at radius 3 is 2.89 bits per heavy atom. The number of nitrogens with zero attached hydrogens (tertiary/aromatic N) is 4. The molecule has 1 aromatic carbocycles. The third kappa shape index (κ3) is 5.73. The quantitative estimate of drug-likeness (QED) is 0.435. The Balaban J connectivity index is 1.56. The van der Waals surface area contributed by atoms with Gasteiger partial charge in [0.1, 0.15) is 5.82 Å². The lowest BCUT2D eigenvalue weighted by molar-refractivity contribution is 0.392. The molecule has 2 heterocycles. The molecule has 1 aromatic heterocycles. The molecule has 2 N–H and O–H groups in total. The molecule has 2 atom stereocenters. The topological polar surface area (TPSA) is 67.1 Å². The molecular weight excluding hydrogens is 356 g/mol. The highest BCUT2D eigenvalue weighted by atomic mass is 32.2. The van der Waals surface area contributed by atoms with Gasteiger partial charge < -0.3 is 10.6 Å². The third-order valence-electron chi connectivity index (χ3n) is 4.49. The van der Waals surface area contributed by atoms with Crippen molar-refractivity contribution in [2.24, 2.45) is 4.99 Å². The van der Waals surface area contributed by atoms with Crippen molar-refractivity contribution in [1.29, 1.82) is 0 Å². The molecular formula is C20H30N6S. The molecule has 0 spiro atoms. The van der Waals surface area contributed by atoms with E-state index < -0.39 is 0 Å². The first-order valence-corrected chi connectivity index (χ1v) is 10.7. The van der Waals surface area contributed by atoms with Crippen LogP contribution in [-0.2, 0) is 19.4 Å². The van der Waals surface area contributed by atoms with Gasteiger partial charge in [0.05, 0.1) is 13.1 Å². The van der Waals surface area contributed by atoms with Crippen molar-refractivity contribution in [3.8, 4) is 0 Å². The normalized spacial score (nSPS) is 18.0. The minimum absolute atomic E-state index is 0.332. The molecule has 0 saturated heterocycles. The number of hydrogen-bond donors (Lipinski definition) is 2. The molecule has 1 aliphatic rings. The lowest BCUT2D eigenvalue weighted by Crippen LogP contribution is -2.47. The monoisotopic (exact) mass is 386 g/mol. The molecule has 6 nitrogen and oxygen atoms in total. The zero-order valence-electron chi connectivity index (χ0n) is 16.5. The van der Waals surface area contributed by atoms with E-state index in [1.807, 2.05) is 17.8 Å². The van der Waals surface area contributed by atoms with Crippen LogP contribution in [0, 0.1) is 0 Å². The van der Waals surface area contributed by atoms with E-state index in [1.54, 1.807) is 0 Å². The Kier molecular flexibility index (Phi) is 7.15. The predicted molar refractivity (Wildman–Crippen MR) is 112 cm³/mol. The Labute approximate surface area is 166 Å². The number of hydrogen-bond acceptors (Lipinski definition) is 4. The van der Waals surface area contributed by atoms with Crippen LogP contribution in [0.25, 0.3) is 0 Å². The number of aryl methyl sites for hydroxylation is 2. The van der Waals surface area contributed by atoms with Gasteiger partial charge in [-0.1, -0.05) is 32.0 Å². The maximum absolute atomic E-state index is 4.81. The maximum Gasteiger partial charge on any atom is 0.191 e. The van der Waals surface area contributed by atoms with E-state index in [1.165, 1.54) is 4.90 Å². The molecule has 0 fully saturated rings. The van der Waals surface area contributed by atoms with E-state index in [0.29, 0.717) is 11.3 Å². The van der Waals surface area contributed by atoms with Crippen LogP contribution in [0.5, 0.6) is 0 Å². The number of guanidine groups is 1. The average Bonchev–Trinajstić information content (AvgIpc) is 3.09. The van der Waals surface area contributed by atoms with Crippen molar-refractivity contribution in [1.82, 2.24) is 25.4 Å². The van der Waals surface area contributed by atoms with Crippen LogP contribution in [0.15, 0.2) is 40.2 Å². The standard InChI is InChI=1S/C20H30N6S/c1-4-18-24-19-12-11-16(14-26(19)25-18)23-20(21-5-2)22-13-15(3)27-17-9-7-6-8-10-17/h6-10,15-16H,4-5,11-14H2,1-3H3,(H2,21,22,23). The number of aromatic nitrogens is 3. The van der Waals surface area contributed by atoms with Crippen molar-refractivity contribution >= 4 is 17.7 Å². The Morgan fingerprint density at radius 2 is 2.15 bits per heavy atom. The summed E-state index contributed by atoms with van der Waals surface area (Å²) in [6.07, 6.45) is 2.91. The molecule has 1 aliphatic heterocycles. The number of rotatable bonds is 7. The first-order chi connectivity index (χ1) is 13.2. The van der Waals surface area contributed by atoms with Crippen LogP contribution in [0.2, 0.25) is 0 Å². The van der Waals surface area contributed by atoms with Gasteiger partial charge >= 0.3 is 0 Å². The summed E-state index contributed by atoms with van der Waals surface area (Å²) in [4.78, 5) is 10.7. The SMILES string of the molecule is CCNC(=NCC(C)Sc1ccccc1)NC1CCc2nc(CC)nn2C1. The second kappa shape index (κ2) is 9.78.